The summed E-state index contributed by atoms with van der Waals surface area (Å²) in [5, 5.41) is 9.13. The second-order valence-electron chi connectivity index (χ2n) is 7.58. The van der Waals surface area contributed by atoms with Crippen molar-refractivity contribution in [1.29, 1.82) is 0 Å². The highest BCUT2D eigenvalue weighted by atomic mass is 16.5. The summed E-state index contributed by atoms with van der Waals surface area (Å²) >= 11 is 0. The van der Waals surface area contributed by atoms with Crippen molar-refractivity contribution < 1.29 is 28.9 Å². The van der Waals surface area contributed by atoms with Gasteiger partial charge in [0.25, 0.3) is 0 Å². The number of Topliss-reactive ketones (excluding diaryl/α,β-unsaturated/α-hetero) is 1. The highest BCUT2D eigenvalue weighted by Gasteiger charge is 2.17. The third-order valence-corrected chi connectivity index (χ3v) is 5.10. The van der Waals surface area contributed by atoms with Gasteiger partial charge in [-0.05, 0) is 60.9 Å². The van der Waals surface area contributed by atoms with E-state index in [4.69, 9.17) is 19.3 Å². The maximum atomic E-state index is 12.5. The van der Waals surface area contributed by atoms with Crippen LogP contribution in [0, 0.1) is 0 Å². The van der Waals surface area contributed by atoms with Crippen molar-refractivity contribution in [1.82, 2.24) is 0 Å². The highest BCUT2D eigenvalue weighted by Crippen LogP contribution is 2.23. The fourth-order valence-corrected chi connectivity index (χ4v) is 3.31. The lowest BCUT2D eigenvalue weighted by atomic mass is 10.0. The van der Waals surface area contributed by atoms with Crippen LogP contribution in [0.2, 0.25) is 0 Å². The van der Waals surface area contributed by atoms with Crippen molar-refractivity contribution in [2.75, 3.05) is 13.7 Å². The Morgan fingerprint density at radius 1 is 0.848 bits per heavy atom. The summed E-state index contributed by atoms with van der Waals surface area (Å²) in [6.07, 6.45) is 1.15. The standard InChI is InChI=1S/C27H28O6/c1-31-26(27(29)30)19-20-8-7-9-21(18-20)25(28)12-5-6-17-32-22-13-15-24(16-14-22)33-23-10-3-2-4-11-23/h2-4,7-11,13-16,18,26H,5-6,12,17,19H2,1H3,(H,29,30). The summed E-state index contributed by atoms with van der Waals surface area (Å²) in [7, 11) is 1.36. The molecule has 172 valence electrons. The van der Waals surface area contributed by atoms with Crippen LogP contribution in [0.5, 0.6) is 17.2 Å². The van der Waals surface area contributed by atoms with Gasteiger partial charge in [0.1, 0.15) is 17.2 Å². The Hall–Kier alpha value is -3.64. The van der Waals surface area contributed by atoms with E-state index < -0.39 is 12.1 Å². The third-order valence-electron chi connectivity index (χ3n) is 5.10. The molecule has 3 aromatic rings. The minimum atomic E-state index is -1.02. The van der Waals surface area contributed by atoms with E-state index in [9.17, 15) is 9.59 Å². The monoisotopic (exact) mass is 448 g/mol. The molecule has 0 aliphatic carbocycles. The minimum Gasteiger partial charge on any atom is -0.494 e. The van der Waals surface area contributed by atoms with Crippen LogP contribution in [0.1, 0.15) is 35.2 Å². The van der Waals surface area contributed by atoms with Gasteiger partial charge in [-0.3, -0.25) is 4.79 Å². The quantitative estimate of drug-likeness (QED) is 0.273. The predicted molar refractivity (Wildman–Crippen MR) is 125 cm³/mol. The smallest absolute Gasteiger partial charge is 0.333 e. The topological polar surface area (TPSA) is 82.1 Å². The molecule has 1 N–H and O–H groups in total. The number of ketones is 1. The van der Waals surface area contributed by atoms with E-state index in [1.165, 1.54) is 7.11 Å². The van der Waals surface area contributed by atoms with Crippen LogP contribution in [0.25, 0.3) is 0 Å². The van der Waals surface area contributed by atoms with Gasteiger partial charge >= 0.3 is 5.97 Å². The number of carboxylic acid groups (broad SMARTS) is 1. The zero-order valence-corrected chi connectivity index (χ0v) is 18.6. The van der Waals surface area contributed by atoms with E-state index in [2.05, 4.69) is 0 Å². The van der Waals surface area contributed by atoms with Gasteiger partial charge in [-0.25, -0.2) is 4.79 Å². The maximum Gasteiger partial charge on any atom is 0.333 e. The van der Waals surface area contributed by atoms with E-state index in [-0.39, 0.29) is 12.2 Å². The molecule has 3 rings (SSSR count). The molecule has 0 aliphatic rings. The lowest BCUT2D eigenvalue weighted by molar-refractivity contribution is -0.148. The Morgan fingerprint density at radius 3 is 2.24 bits per heavy atom. The van der Waals surface area contributed by atoms with Crippen molar-refractivity contribution in [2.45, 2.75) is 31.8 Å². The molecule has 1 atom stereocenters. The molecule has 0 fully saturated rings. The number of methoxy groups -OCH3 is 1. The summed E-state index contributed by atoms with van der Waals surface area (Å²) in [6.45, 7) is 0.514. The van der Waals surface area contributed by atoms with Crippen LogP contribution < -0.4 is 9.47 Å². The first-order valence-electron chi connectivity index (χ1n) is 10.9. The number of hydrogen-bond donors (Lipinski definition) is 1. The van der Waals surface area contributed by atoms with Gasteiger partial charge in [0, 0.05) is 25.5 Å². The van der Waals surface area contributed by atoms with Crippen LogP contribution in [0.4, 0.5) is 0 Å². The van der Waals surface area contributed by atoms with Gasteiger partial charge in [-0.1, -0.05) is 36.4 Å². The number of unbranched alkanes of at least 4 members (excludes halogenated alkanes) is 1. The lowest BCUT2D eigenvalue weighted by Crippen LogP contribution is -2.24. The summed E-state index contributed by atoms with van der Waals surface area (Å²) in [4.78, 5) is 23.6. The molecule has 0 heterocycles. The molecule has 1 unspecified atom stereocenters. The molecular weight excluding hydrogens is 420 g/mol. The number of aliphatic carboxylic acids is 1. The Balaban J connectivity index is 1.39. The van der Waals surface area contributed by atoms with Crippen LogP contribution in [0.3, 0.4) is 0 Å². The van der Waals surface area contributed by atoms with E-state index in [0.29, 0.717) is 25.0 Å². The Morgan fingerprint density at radius 2 is 1.55 bits per heavy atom. The fourth-order valence-electron chi connectivity index (χ4n) is 3.31. The fraction of sp³-hybridized carbons (Fsp3) is 0.259. The van der Waals surface area contributed by atoms with E-state index in [1.807, 2.05) is 54.6 Å². The molecule has 0 radical (unpaired) electrons. The third kappa shape index (κ3) is 7.77. The van der Waals surface area contributed by atoms with Crippen LogP contribution in [0.15, 0.2) is 78.9 Å². The number of benzene rings is 3. The average molecular weight is 449 g/mol. The molecular formula is C27H28O6. The second-order valence-corrected chi connectivity index (χ2v) is 7.58. The molecule has 3 aromatic carbocycles. The van der Waals surface area contributed by atoms with Crippen molar-refractivity contribution in [3.8, 4) is 17.2 Å². The van der Waals surface area contributed by atoms with Gasteiger partial charge in [-0.15, -0.1) is 0 Å². The molecule has 0 saturated heterocycles. The van der Waals surface area contributed by atoms with Gasteiger partial charge in [0.2, 0.25) is 0 Å². The van der Waals surface area contributed by atoms with Crippen molar-refractivity contribution in [2.24, 2.45) is 0 Å². The number of hydrogen-bond acceptors (Lipinski definition) is 5. The minimum absolute atomic E-state index is 0.0311. The van der Waals surface area contributed by atoms with Crippen LogP contribution in [-0.4, -0.2) is 36.7 Å². The lowest BCUT2D eigenvalue weighted by Gasteiger charge is -2.11. The van der Waals surface area contributed by atoms with Crippen LogP contribution >= 0.6 is 0 Å². The maximum absolute atomic E-state index is 12.5. The van der Waals surface area contributed by atoms with Gasteiger partial charge in [0.15, 0.2) is 11.9 Å². The van der Waals surface area contributed by atoms with Crippen molar-refractivity contribution >= 4 is 11.8 Å². The van der Waals surface area contributed by atoms with E-state index >= 15 is 0 Å². The average Bonchev–Trinajstić information content (AvgIpc) is 2.84. The Kier molecular flexibility index (Phi) is 9.03. The molecule has 0 aliphatic heterocycles. The molecule has 0 amide bonds. The first-order valence-corrected chi connectivity index (χ1v) is 10.9. The van der Waals surface area contributed by atoms with Crippen molar-refractivity contribution in [3.63, 3.8) is 0 Å². The number of carbonyl (C=O) groups is 2. The van der Waals surface area contributed by atoms with E-state index in [0.717, 1.165) is 29.2 Å². The number of para-hydroxylation sites is 1. The van der Waals surface area contributed by atoms with Gasteiger partial charge in [0.05, 0.1) is 6.61 Å². The highest BCUT2D eigenvalue weighted by molar-refractivity contribution is 5.96. The van der Waals surface area contributed by atoms with Gasteiger partial charge in [-0.2, -0.15) is 0 Å². The summed E-state index contributed by atoms with van der Waals surface area (Å²) in [6, 6.07) is 24.1. The summed E-state index contributed by atoms with van der Waals surface area (Å²) in [5.74, 6) is 1.28. The largest absolute Gasteiger partial charge is 0.494 e. The van der Waals surface area contributed by atoms with E-state index in [1.54, 1.807) is 24.3 Å². The number of carboxylic acids is 1. The summed E-state index contributed by atoms with van der Waals surface area (Å²) < 4.78 is 16.5. The first-order chi connectivity index (χ1) is 16.0. The summed E-state index contributed by atoms with van der Waals surface area (Å²) in [5.41, 5.74) is 1.35. The molecule has 6 nitrogen and oxygen atoms in total. The zero-order chi connectivity index (χ0) is 23.5. The molecule has 33 heavy (non-hydrogen) atoms. The van der Waals surface area contributed by atoms with Crippen LogP contribution in [-0.2, 0) is 16.0 Å². The Bertz CT molecular complexity index is 1030. The second kappa shape index (κ2) is 12.4. The molecule has 6 heteroatoms. The zero-order valence-electron chi connectivity index (χ0n) is 18.6. The molecule has 0 bridgehead atoms. The van der Waals surface area contributed by atoms with Gasteiger partial charge < -0.3 is 19.3 Å². The predicted octanol–water partition coefficient (Wildman–Crippen LogP) is 5.55. The first kappa shape index (κ1) is 24.0. The number of ether oxygens (including phenoxy) is 3. The molecule has 0 aromatic heterocycles. The van der Waals surface area contributed by atoms with Crippen molar-refractivity contribution in [3.05, 3.63) is 90.0 Å². The normalized spacial score (nSPS) is 11.5. The molecule has 0 spiro atoms. The number of carbonyl (C=O) groups excluding carboxylic acids is 1. The molecule has 0 saturated carbocycles. The SMILES string of the molecule is COC(Cc1cccc(C(=O)CCCCOc2ccc(Oc3ccccc3)cc2)c1)C(=O)O. The Labute approximate surface area is 193 Å². The number of rotatable bonds is 13.